The van der Waals surface area contributed by atoms with Crippen LogP contribution in [0.4, 0.5) is 0 Å². The molecule has 0 aliphatic rings. The van der Waals surface area contributed by atoms with Crippen LogP contribution >= 0.6 is 0 Å². The van der Waals surface area contributed by atoms with Crippen LogP contribution in [0.25, 0.3) is 0 Å². The fraction of sp³-hybridized carbons (Fsp3) is 0.692. The van der Waals surface area contributed by atoms with E-state index in [1.165, 1.54) is 25.7 Å². The molecule has 0 aromatic rings. The number of esters is 2. The summed E-state index contributed by atoms with van der Waals surface area (Å²) in [6.45, 7) is 5.46. The molecule has 0 fully saturated rings. The lowest BCUT2D eigenvalue weighted by Gasteiger charge is -2.04. The van der Waals surface area contributed by atoms with Crippen molar-refractivity contribution in [2.24, 2.45) is 0 Å². The lowest BCUT2D eigenvalue weighted by molar-refractivity contribution is -0.156. The molecule has 0 aromatic carbocycles. The zero-order valence-electron chi connectivity index (χ0n) is 10.6. The van der Waals surface area contributed by atoms with Gasteiger partial charge >= 0.3 is 11.9 Å². The molecule has 0 amide bonds. The van der Waals surface area contributed by atoms with E-state index in [0.29, 0.717) is 6.61 Å². The van der Waals surface area contributed by atoms with Crippen LogP contribution in [0.5, 0.6) is 0 Å². The van der Waals surface area contributed by atoms with Crippen LogP contribution in [0, 0.1) is 0 Å². The predicted octanol–water partition coefficient (Wildman–Crippen LogP) is 2.62. The first-order valence-corrected chi connectivity index (χ1v) is 6.15. The standard InChI is InChI=1S/C13H22O4/c1-3-5-6-7-8-9-10-16-13(15)11-17-12(14)4-2/h4H,2-3,5-11H2,1H3. The van der Waals surface area contributed by atoms with Gasteiger partial charge in [0.2, 0.25) is 0 Å². The molecule has 17 heavy (non-hydrogen) atoms. The van der Waals surface area contributed by atoms with Crippen LogP contribution in [0.2, 0.25) is 0 Å². The highest BCUT2D eigenvalue weighted by molar-refractivity contribution is 5.83. The fourth-order valence-corrected chi connectivity index (χ4v) is 1.30. The van der Waals surface area contributed by atoms with Gasteiger partial charge in [0.05, 0.1) is 6.61 Å². The van der Waals surface area contributed by atoms with Crippen molar-refractivity contribution in [2.75, 3.05) is 13.2 Å². The SMILES string of the molecule is C=CC(=O)OCC(=O)OCCCCCCCC. The summed E-state index contributed by atoms with van der Waals surface area (Å²) in [5.74, 6) is -1.12. The summed E-state index contributed by atoms with van der Waals surface area (Å²) in [5, 5.41) is 0. The summed E-state index contributed by atoms with van der Waals surface area (Å²) in [5.41, 5.74) is 0. The average molecular weight is 242 g/mol. The summed E-state index contributed by atoms with van der Waals surface area (Å²) in [6, 6.07) is 0. The molecule has 0 spiro atoms. The van der Waals surface area contributed by atoms with E-state index in [4.69, 9.17) is 4.74 Å². The van der Waals surface area contributed by atoms with Crippen LogP contribution in [0.3, 0.4) is 0 Å². The van der Waals surface area contributed by atoms with Gasteiger partial charge in [-0.2, -0.15) is 0 Å². The first-order chi connectivity index (χ1) is 8.20. The van der Waals surface area contributed by atoms with Gasteiger partial charge in [-0.3, -0.25) is 0 Å². The highest BCUT2D eigenvalue weighted by atomic mass is 16.6. The Morgan fingerprint density at radius 1 is 1.06 bits per heavy atom. The van der Waals surface area contributed by atoms with E-state index in [1.54, 1.807) is 0 Å². The molecule has 0 saturated heterocycles. The van der Waals surface area contributed by atoms with E-state index in [1.807, 2.05) is 0 Å². The van der Waals surface area contributed by atoms with Gasteiger partial charge < -0.3 is 9.47 Å². The number of hydrogen-bond acceptors (Lipinski definition) is 4. The van der Waals surface area contributed by atoms with Crippen molar-refractivity contribution >= 4 is 11.9 Å². The van der Waals surface area contributed by atoms with E-state index >= 15 is 0 Å². The smallest absolute Gasteiger partial charge is 0.344 e. The largest absolute Gasteiger partial charge is 0.463 e. The van der Waals surface area contributed by atoms with E-state index in [-0.39, 0.29) is 6.61 Å². The van der Waals surface area contributed by atoms with Crippen LogP contribution in [0.15, 0.2) is 12.7 Å². The second-order valence-corrected chi connectivity index (χ2v) is 3.80. The monoisotopic (exact) mass is 242 g/mol. The second-order valence-electron chi connectivity index (χ2n) is 3.80. The van der Waals surface area contributed by atoms with Gasteiger partial charge in [0.1, 0.15) is 0 Å². The number of ether oxygens (including phenoxy) is 2. The number of carbonyl (C=O) groups is 2. The Bertz CT molecular complexity index is 236. The van der Waals surface area contributed by atoms with E-state index in [0.717, 1.165) is 18.9 Å². The Hall–Kier alpha value is -1.32. The van der Waals surface area contributed by atoms with E-state index in [2.05, 4.69) is 18.2 Å². The van der Waals surface area contributed by atoms with Crippen molar-refractivity contribution < 1.29 is 19.1 Å². The summed E-state index contributed by atoms with van der Waals surface area (Å²) >= 11 is 0. The molecule has 98 valence electrons. The maximum atomic E-state index is 11.1. The Kier molecular flexibility index (Phi) is 10.3. The molecule has 0 radical (unpaired) electrons. The second kappa shape index (κ2) is 11.2. The van der Waals surface area contributed by atoms with E-state index in [9.17, 15) is 9.59 Å². The molecule has 4 heteroatoms. The first kappa shape index (κ1) is 15.7. The third-order valence-corrected chi connectivity index (χ3v) is 2.26. The highest BCUT2D eigenvalue weighted by Gasteiger charge is 2.05. The number of carbonyl (C=O) groups excluding carboxylic acids is 2. The van der Waals surface area contributed by atoms with Crippen molar-refractivity contribution in [1.82, 2.24) is 0 Å². The third-order valence-electron chi connectivity index (χ3n) is 2.26. The highest BCUT2D eigenvalue weighted by Crippen LogP contribution is 2.04. The Labute approximate surface area is 103 Å². The molecule has 0 aromatic heterocycles. The third kappa shape index (κ3) is 11.0. The van der Waals surface area contributed by atoms with Gasteiger partial charge in [-0.25, -0.2) is 9.59 Å². The summed E-state index contributed by atoms with van der Waals surface area (Å²) in [6.07, 6.45) is 7.85. The van der Waals surface area contributed by atoms with E-state index < -0.39 is 11.9 Å². The van der Waals surface area contributed by atoms with Gasteiger partial charge in [-0.1, -0.05) is 45.6 Å². The van der Waals surface area contributed by atoms with Gasteiger partial charge in [-0.05, 0) is 6.42 Å². The topological polar surface area (TPSA) is 52.6 Å². The maximum Gasteiger partial charge on any atom is 0.344 e. The molecule has 0 bridgehead atoms. The van der Waals surface area contributed by atoms with Gasteiger partial charge in [0.15, 0.2) is 6.61 Å². The first-order valence-electron chi connectivity index (χ1n) is 6.15. The molecule has 0 atom stereocenters. The predicted molar refractivity (Wildman–Crippen MR) is 65.5 cm³/mol. The zero-order valence-corrected chi connectivity index (χ0v) is 10.6. The Morgan fingerprint density at radius 2 is 1.71 bits per heavy atom. The molecule has 0 aliphatic heterocycles. The summed E-state index contributed by atoms with van der Waals surface area (Å²) in [7, 11) is 0. The van der Waals surface area contributed by atoms with Gasteiger partial charge in [0.25, 0.3) is 0 Å². The number of hydrogen-bond donors (Lipinski definition) is 0. The normalized spacial score (nSPS) is 9.71. The summed E-state index contributed by atoms with van der Waals surface area (Å²) < 4.78 is 9.42. The fourth-order valence-electron chi connectivity index (χ4n) is 1.30. The quantitative estimate of drug-likeness (QED) is 0.336. The molecule has 0 aliphatic carbocycles. The maximum absolute atomic E-state index is 11.1. The molecular formula is C13H22O4. The van der Waals surface area contributed by atoms with Gasteiger partial charge in [0, 0.05) is 6.08 Å². The Morgan fingerprint density at radius 3 is 2.35 bits per heavy atom. The number of unbranched alkanes of at least 4 members (excludes halogenated alkanes) is 5. The summed E-state index contributed by atoms with van der Waals surface area (Å²) in [4.78, 5) is 21.7. The van der Waals surface area contributed by atoms with Crippen LogP contribution in [-0.2, 0) is 19.1 Å². The minimum absolute atomic E-state index is 0.333. The molecule has 0 saturated carbocycles. The lowest BCUT2D eigenvalue weighted by atomic mass is 10.1. The molecule has 0 unspecified atom stereocenters. The van der Waals surface area contributed by atoms with Crippen molar-refractivity contribution in [3.63, 3.8) is 0 Å². The lowest BCUT2D eigenvalue weighted by Crippen LogP contribution is -2.15. The van der Waals surface area contributed by atoms with Crippen molar-refractivity contribution in [1.29, 1.82) is 0 Å². The molecule has 0 heterocycles. The number of rotatable bonds is 10. The van der Waals surface area contributed by atoms with Crippen LogP contribution < -0.4 is 0 Å². The van der Waals surface area contributed by atoms with Crippen molar-refractivity contribution in [2.45, 2.75) is 45.4 Å². The molecule has 4 nitrogen and oxygen atoms in total. The Balaban J connectivity index is 3.27. The van der Waals surface area contributed by atoms with Crippen LogP contribution in [0.1, 0.15) is 45.4 Å². The minimum atomic E-state index is -0.610. The van der Waals surface area contributed by atoms with Gasteiger partial charge in [-0.15, -0.1) is 0 Å². The van der Waals surface area contributed by atoms with Crippen LogP contribution in [-0.4, -0.2) is 25.2 Å². The minimum Gasteiger partial charge on any atom is -0.463 e. The van der Waals surface area contributed by atoms with Crippen molar-refractivity contribution in [3.8, 4) is 0 Å². The average Bonchev–Trinajstić information content (AvgIpc) is 2.34. The molecule has 0 N–H and O–H groups in total. The molecular weight excluding hydrogens is 220 g/mol. The zero-order chi connectivity index (χ0) is 12.9. The van der Waals surface area contributed by atoms with Crippen molar-refractivity contribution in [3.05, 3.63) is 12.7 Å². The molecule has 0 rings (SSSR count).